The van der Waals surface area contributed by atoms with E-state index >= 15 is 0 Å². The van der Waals surface area contributed by atoms with Gasteiger partial charge in [-0.3, -0.25) is 0 Å². The average molecular weight is 528 g/mol. The van der Waals surface area contributed by atoms with Crippen molar-refractivity contribution in [3.05, 3.63) is 0 Å². The first kappa shape index (κ1) is 63.4. The van der Waals surface area contributed by atoms with Gasteiger partial charge in [-0.1, -0.05) is 0 Å². The Hall–Kier alpha value is 2.08. The van der Waals surface area contributed by atoms with Gasteiger partial charge in [0.25, 0.3) is 0 Å². The van der Waals surface area contributed by atoms with Crippen molar-refractivity contribution >= 4 is 99.3 Å². The van der Waals surface area contributed by atoms with E-state index in [2.05, 4.69) is 21.3 Å². The van der Waals surface area contributed by atoms with E-state index in [0.717, 1.165) is 52.4 Å². The summed E-state index contributed by atoms with van der Waals surface area (Å²) in [4.78, 5) is 0. The third-order valence-electron chi connectivity index (χ3n) is 2.37. The molecule has 0 bridgehead atoms. The van der Waals surface area contributed by atoms with Crippen molar-refractivity contribution < 1.29 is 11.0 Å². The zero-order chi connectivity index (χ0) is 9.90. The lowest BCUT2D eigenvalue weighted by molar-refractivity contribution is 0.530. The lowest BCUT2D eigenvalue weighted by Crippen LogP contribution is -2.34. The normalized spacial score (nSPS) is 14.0. The molecule has 0 saturated carbocycles. The van der Waals surface area contributed by atoms with Crippen molar-refractivity contribution in [1.29, 1.82) is 0 Å². The smallest absolute Gasteiger partial charge is 0.00767 e. The summed E-state index contributed by atoms with van der Waals surface area (Å²) >= 11 is 0. The second kappa shape index (κ2) is 56.2. The zero-order valence-corrected chi connectivity index (χ0v) is 19.9. The lowest BCUT2D eigenvalue weighted by Gasteiger charge is -2.10. The first-order valence-corrected chi connectivity index (χ1v) is 5.83. The maximum atomic E-state index is 3.42. The van der Waals surface area contributed by atoms with Crippen LogP contribution in [0.15, 0.2) is 0 Å². The number of nitrogens with one attached hydrogen (secondary N) is 4. The second-order valence-electron chi connectivity index (χ2n) is 3.71. The van der Waals surface area contributed by atoms with Crippen molar-refractivity contribution in [3.8, 4) is 0 Å². The number of hydrogen-bond acceptors (Lipinski definition) is 4. The fourth-order valence-corrected chi connectivity index (χ4v) is 1.53. The molecule has 0 aliphatic carbocycles. The van der Waals surface area contributed by atoms with Gasteiger partial charge < -0.3 is 32.2 Å². The molecule has 164 valence electrons. The van der Waals surface area contributed by atoms with Gasteiger partial charge in [0.1, 0.15) is 0 Å². The summed E-state index contributed by atoms with van der Waals surface area (Å²) in [6, 6.07) is 0. The second-order valence-corrected chi connectivity index (χ2v) is 3.71. The molecule has 1 aliphatic rings. The van der Waals surface area contributed by atoms with Gasteiger partial charge in [-0.15, -0.1) is 99.3 Å². The van der Waals surface area contributed by atoms with Crippen LogP contribution in [0.2, 0.25) is 0 Å². The van der Waals surface area contributed by atoms with Crippen molar-refractivity contribution in [2.45, 2.75) is 12.8 Å². The number of halogens is 8. The lowest BCUT2D eigenvalue weighted by atomic mass is 10.3. The van der Waals surface area contributed by atoms with Gasteiger partial charge in [-0.25, -0.2) is 0 Å². The van der Waals surface area contributed by atoms with Crippen LogP contribution in [-0.4, -0.2) is 63.3 Å². The molecule has 1 rings (SSSR count). The van der Waals surface area contributed by atoms with Gasteiger partial charge in [-0.05, 0) is 39.0 Å². The molecule has 1 fully saturated rings. The fourth-order valence-electron chi connectivity index (χ4n) is 1.53. The highest BCUT2D eigenvalue weighted by atomic mass is 35.5. The molecule has 6 nitrogen and oxygen atoms in total. The average Bonchev–Trinajstić information content (AvgIpc) is 2.22. The van der Waals surface area contributed by atoms with Gasteiger partial charge in [0.15, 0.2) is 0 Å². The molecule has 0 spiro atoms. The number of hydrogen-bond donors (Lipinski definition) is 4. The molecule has 8 N–H and O–H groups in total. The van der Waals surface area contributed by atoms with Crippen LogP contribution >= 0.6 is 99.3 Å². The van der Waals surface area contributed by atoms with E-state index in [1.807, 2.05) is 0 Å². The van der Waals surface area contributed by atoms with E-state index in [0.29, 0.717) is 0 Å². The first-order chi connectivity index (χ1) is 7.00. The van der Waals surface area contributed by atoms with E-state index < -0.39 is 0 Å². The Kier molecular flexibility index (Phi) is 149. The summed E-state index contributed by atoms with van der Waals surface area (Å²) in [5.74, 6) is 0. The van der Waals surface area contributed by atoms with Crippen molar-refractivity contribution in [1.82, 2.24) is 21.3 Å². The van der Waals surface area contributed by atoms with Gasteiger partial charge in [0.2, 0.25) is 0 Å². The maximum absolute atomic E-state index is 3.42. The van der Waals surface area contributed by atoms with E-state index in [1.54, 1.807) is 0 Å². The highest BCUT2D eigenvalue weighted by Crippen LogP contribution is 1.76. The third kappa shape index (κ3) is 49.6. The van der Waals surface area contributed by atoms with E-state index in [9.17, 15) is 0 Å². The molecular weight excluding hydrogens is 492 g/mol. The molecule has 0 aromatic rings. The molecule has 1 heterocycles. The standard InChI is InChI=1S/C10H24N4.8ClH.2H2O/c1-3-11-7-9-13-5-2-6-14-10-8-12-4-1;;;;;;;;;;/h11-14H,1-10H2;8*1H;2*1H2. The molecule has 24 heavy (non-hydrogen) atoms. The Morgan fingerprint density at radius 3 is 0.625 bits per heavy atom. The van der Waals surface area contributed by atoms with Gasteiger partial charge in [0.05, 0.1) is 0 Å². The van der Waals surface area contributed by atoms with Crippen LogP contribution in [-0.2, 0) is 0 Å². The monoisotopic (exact) mass is 524 g/mol. The van der Waals surface area contributed by atoms with Gasteiger partial charge in [-0.2, -0.15) is 0 Å². The molecule has 0 atom stereocenters. The van der Waals surface area contributed by atoms with Crippen LogP contribution in [0.4, 0.5) is 0 Å². The minimum atomic E-state index is 0. The van der Waals surface area contributed by atoms with Crippen LogP contribution < -0.4 is 21.3 Å². The Labute approximate surface area is 195 Å². The predicted molar refractivity (Wildman–Crippen MR) is 126 cm³/mol. The summed E-state index contributed by atoms with van der Waals surface area (Å²) in [6.45, 7) is 8.87. The minimum absolute atomic E-state index is 0. The van der Waals surface area contributed by atoms with Crippen molar-refractivity contribution in [2.75, 3.05) is 52.4 Å². The summed E-state index contributed by atoms with van der Waals surface area (Å²) in [5, 5.41) is 13.7. The quantitative estimate of drug-likeness (QED) is 0.374. The molecule has 1 saturated heterocycles. The molecule has 14 heteroatoms. The molecule has 0 amide bonds. The molecule has 0 aromatic carbocycles. The van der Waals surface area contributed by atoms with Crippen molar-refractivity contribution in [2.24, 2.45) is 0 Å². The van der Waals surface area contributed by atoms with Crippen LogP contribution in [0.25, 0.3) is 0 Å². The Bertz CT molecular complexity index is 96.1. The topological polar surface area (TPSA) is 111 Å². The Morgan fingerprint density at radius 2 is 0.458 bits per heavy atom. The molecule has 0 aromatic heterocycles. The third-order valence-corrected chi connectivity index (χ3v) is 2.37. The van der Waals surface area contributed by atoms with E-state index in [4.69, 9.17) is 0 Å². The summed E-state index contributed by atoms with van der Waals surface area (Å²) in [7, 11) is 0. The summed E-state index contributed by atoms with van der Waals surface area (Å²) in [6.07, 6.45) is 2.44. The predicted octanol–water partition coefficient (Wildman–Crippen LogP) is 0.864. The molecule has 0 unspecified atom stereocenters. The Balaban J connectivity index is -0.0000000245. The summed E-state index contributed by atoms with van der Waals surface area (Å²) < 4.78 is 0. The Morgan fingerprint density at radius 1 is 0.292 bits per heavy atom. The fraction of sp³-hybridized carbons (Fsp3) is 1.00. The van der Waals surface area contributed by atoms with Crippen LogP contribution in [0.5, 0.6) is 0 Å². The molecule has 0 radical (unpaired) electrons. The largest absolute Gasteiger partial charge is 0.412 e. The van der Waals surface area contributed by atoms with Gasteiger partial charge >= 0.3 is 0 Å². The van der Waals surface area contributed by atoms with E-state index in [-0.39, 0.29) is 110 Å². The molecular formula is C10H36Cl8N4O2. The zero-order valence-electron chi connectivity index (χ0n) is 13.3. The van der Waals surface area contributed by atoms with Crippen LogP contribution in [0, 0.1) is 0 Å². The molecule has 1 aliphatic heterocycles. The van der Waals surface area contributed by atoms with Gasteiger partial charge in [0, 0.05) is 26.2 Å². The minimum Gasteiger partial charge on any atom is -0.412 e. The highest BCUT2D eigenvalue weighted by Gasteiger charge is 1.93. The number of rotatable bonds is 0. The highest BCUT2D eigenvalue weighted by molar-refractivity contribution is 5.86. The maximum Gasteiger partial charge on any atom is 0.00767 e. The SMILES string of the molecule is C1CNCCNCCCNCCNC1.Cl.Cl.Cl.Cl.Cl.Cl.Cl.Cl.O.O. The van der Waals surface area contributed by atoms with Crippen LogP contribution in [0.3, 0.4) is 0 Å². The van der Waals surface area contributed by atoms with Crippen LogP contribution in [0.1, 0.15) is 12.8 Å². The van der Waals surface area contributed by atoms with Crippen molar-refractivity contribution in [3.63, 3.8) is 0 Å². The van der Waals surface area contributed by atoms with E-state index in [1.165, 1.54) is 12.8 Å². The summed E-state index contributed by atoms with van der Waals surface area (Å²) in [5.41, 5.74) is 0. The first-order valence-electron chi connectivity index (χ1n) is 5.83.